The first-order valence-corrected chi connectivity index (χ1v) is 4.06. The van der Waals surface area contributed by atoms with Gasteiger partial charge in [-0.15, -0.1) is 0 Å². The molecule has 0 aromatic rings. The summed E-state index contributed by atoms with van der Waals surface area (Å²) in [5, 5.41) is 0. The Balaban J connectivity index is 6.12. The van der Waals surface area contributed by atoms with Crippen LogP contribution in [0.2, 0.25) is 0 Å². The van der Waals surface area contributed by atoms with Crippen LogP contribution in [-0.2, 0) is 0 Å². The molecule has 0 heterocycles. The molecule has 0 aliphatic heterocycles. The Morgan fingerprint density at radius 3 is 1.15 bits per heavy atom. The fourth-order valence-electron chi connectivity index (χ4n) is 0.866. The molecule has 0 fully saturated rings. The minimum Gasteiger partial charge on any atom is -0.244 e. The normalized spacial score (nSPS) is 15.9. The van der Waals surface area contributed by atoms with Gasteiger partial charge in [0.25, 0.3) is 0 Å². The molecule has 0 aromatic heterocycles. The van der Waals surface area contributed by atoms with Gasteiger partial charge in [-0.25, -0.2) is 4.39 Å². The first-order chi connectivity index (χ1) is 8.43. The number of alkyl halides is 13. The lowest BCUT2D eigenvalue weighted by atomic mass is 10.2. The fraction of sp³-hybridized carbons (Fsp3) is 1.00. The summed E-state index contributed by atoms with van der Waals surface area (Å²) in [5.41, 5.74) is 0. The molecule has 0 spiro atoms. The minimum atomic E-state index is -7.41. The second kappa shape index (κ2) is 4.80. The van der Waals surface area contributed by atoms with E-state index in [-0.39, 0.29) is 0 Å². The van der Waals surface area contributed by atoms with Gasteiger partial charge >= 0.3 is 30.5 Å². The van der Waals surface area contributed by atoms with Gasteiger partial charge in [-0.2, -0.15) is 52.7 Å². The summed E-state index contributed by atoms with van der Waals surface area (Å²) in [5.74, 6) is -6.43. The van der Waals surface area contributed by atoms with Crippen LogP contribution in [0.5, 0.6) is 0 Å². The topological polar surface area (TPSA) is 3.24 Å². The van der Waals surface area contributed by atoms with E-state index >= 15 is 0 Å². The van der Waals surface area contributed by atoms with Crippen molar-refractivity contribution in [3.8, 4) is 0 Å². The second-order valence-electron chi connectivity index (χ2n) is 3.22. The van der Waals surface area contributed by atoms with Crippen LogP contribution in [0.25, 0.3) is 0 Å². The molecular weight excluding hydrogens is 333 g/mol. The smallest absolute Gasteiger partial charge is 0.244 e. The molecule has 0 N–H and O–H groups in total. The Kier molecular flexibility index (Phi) is 4.58. The van der Waals surface area contributed by atoms with Gasteiger partial charge in [-0.3, -0.25) is 0 Å². The molecule has 20 heavy (non-hydrogen) atoms. The summed E-state index contributed by atoms with van der Waals surface area (Å²) < 4.78 is 157. The van der Waals surface area contributed by atoms with E-state index in [0.29, 0.717) is 0 Å². The highest BCUT2D eigenvalue weighted by atomic mass is 19.4. The third-order valence-electron chi connectivity index (χ3n) is 1.76. The lowest BCUT2D eigenvalue weighted by Crippen LogP contribution is -2.69. The maximum absolute atomic E-state index is 12.6. The van der Waals surface area contributed by atoms with E-state index in [1.807, 2.05) is 0 Å². The Hall–Kier alpha value is -0.950. The number of nitrogens with zero attached hydrogens (tertiary/aromatic N) is 1. The number of hydrogen-bond donors (Lipinski definition) is 0. The molecule has 0 rings (SSSR count). The molecule has 14 heteroatoms. The molecule has 0 radical (unpaired) electrons. The first-order valence-electron chi connectivity index (χ1n) is 4.06. The van der Waals surface area contributed by atoms with Crippen molar-refractivity contribution in [1.29, 1.82) is 0 Å². The van der Waals surface area contributed by atoms with Crippen molar-refractivity contribution in [3.05, 3.63) is 0 Å². The van der Waals surface area contributed by atoms with Gasteiger partial charge in [-0.1, -0.05) is 4.90 Å². The quantitative estimate of drug-likeness (QED) is 0.551. The van der Waals surface area contributed by atoms with E-state index in [4.69, 9.17) is 0 Å². The van der Waals surface area contributed by atoms with Crippen LogP contribution in [0.15, 0.2) is 0 Å². The predicted octanol–water partition coefficient (Wildman–Crippen LogP) is 4.16. The summed E-state index contributed by atoms with van der Waals surface area (Å²) in [6, 6.07) is -14.6. The molecule has 0 saturated heterocycles. The van der Waals surface area contributed by atoms with Crippen LogP contribution in [-0.4, -0.2) is 42.1 Å². The SMILES string of the molecule is FCC(F)(F)C(F)(F)N(C(F)(F)F)C(F)(F)C(F)(F)F. The van der Waals surface area contributed by atoms with Gasteiger partial charge in [0.1, 0.15) is 0 Å². The highest BCUT2D eigenvalue weighted by Gasteiger charge is 2.80. The fourth-order valence-corrected chi connectivity index (χ4v) is 0.866. The van der Waals surface area contributed by atoms with Crippen LogP contribution in [0.3, 0.4) is 0 Å². The van der Waals surface area contributed by atoms with Crippen LogP contribution in [0, 0.1) is 0 Å². The highest BCUT2D eigenvalue weighted by molar-refractivity contribution is 4.92. The molecule has 0 atom stereocenters. The highest BCUT2D eigenvalue weighted by Crippen LogP contribution is 2.52. The molecule has 1 nitrogen and oxygen atoms in total. The zero-order chi connectivity index (χ0) is 16.8. The largest absolute Gasteiger partial charge is 0.469 e. The van der Waals surface area contributed by atoms with Gasteiger partial charge in [0, 0.05) is 0 Å². The van der Waals surface area contributed by atoms with Gasteiger partial charge < -0.3 is 0 Å². The summed E-state index contributed by atoms with van der Waals surface area (Å²) in [4.78, 5) is -4.02. The summed E-state index contributed by atoms with van der Waals surface area (Å²) in [6.45, 7) is -3.60. The standard InChI is InChI=1S/C6H2F13N/c7-1-2(8,9)4(13,14)20(6(17,18)19)5(15,16)3(10,11)12/h1H2. The predicted molar refractivity (Wildman–Crippen MR) is 34.8 cm³/mol. The summed E-state index contributed by atoms with van der Waals surface area (Å²) in [7, 11) is 0. The molecule has 0 bridgehead atoms. The van der Waals surface area contributed by atoms with Gasteiger partial charge in [-0.05, 0) is 0 Å². The zero-order valence-electron chi connectivity index (χ0n) is 8.57. The van der Waals surface area contributed by atoms with Crippen molar-refractivity contribution >= 4 is 0 Å². The molecule has 0 saturated carbocycles. The van der Waals surface area contributed by atoms with Crippen molar-refractivity contribution in [2.24, 2.45) is 0 Å². The molecule has 0 unspecified atom stereocenters. The van der Waals surface area contributed by atoms with Crippen LogP contribution < -0.4 is 0 Å². The lowest BCUT2D eigenvalue weighted by molar-refractivity contribution is -0.484. The summed E-state index contributed by atoms with van der Waals surface area (Å²) in [6.07, 6.45) is -14.5. The average Bonchev–Trinajstić information content (AvgIpc) is 2.11. The molecular formula is C6H2F13N. The van der Waals surface area contributed by atoms with E-state index in [2.05, 4.69) is 0 Å². The number of rotatable bonds is 4. The minimum absolute atomic E-state index is 3.60. The van der Waals surface area contributed by atoms with Gasteiger partial charge in [0.2, 0.25) is 0 Å². The van der Waals surface area contributed by atoms with Crippen molar-refractivity contribution < 1.29 is 57.1 Å². The molecule has 122 valence electrons. The number of hydrogen-bond acceptors (Lipinski definition) is 1. The van der Waals surface area contributed by atoms with Crippen molar-refractivity contribution in [3.63, 3.8) is 0 Å². The Morgan fingerprint density at radius 1 is 0.600 bits per heavy atom. The molecule has 0 aliphatic carbocycles. The Labute approximate surface area is 100 Å². The van der Waals surface area contributed by atoms with Crippen LogP contribution >= 0.6 is 0 Å². The van der Waals surface area contributed by atoms with Crippen molar-refractivity contribution in [1.82, 2.24) is 4.90 Å². The van der Waals surface area contributed by atoms with Gasteiger partial charge in [0.15, 0.2) is 6.67 Å². The maximum atomic E-state index is 12.6. The molecule has 0 aliphatic rings. The van der Waals surface area contributed by atoms with Crippen molar-refractivity contribution in [2.75, 3.05) is 6.67 Å². The third-order valence-corrected chi connectivity index (χ3v) is 1.76. The zero-order valence-corrected chi connectivity index (χ0v) is 8.57. The van der Waals surface area contributed by atoms with Crippen LogP contribution in [0.4, 0.5) is 57.1 Å². The van der Waals surface area contributed by atoms with E-state index < -0.39 is 42.1 Å². The third kappa shape index (κ3) is 3.03. The number of halogens is 13. The second-order valence-corrected chi connectivity index (χ2v) is 3.22. The Bertz CT molecular complexity index is 338. The van der Waals surface area contributed by atoms with E-state index in [9.17, 15) is 57.1 Å². The van der Waals surface area contributed by atoms with E-state index in [1.54, 1.807) is 0 Å². The monoisotopic (exact) mass is 335 g/mol. The van der Waals surface area contributed by atoms with Gasteiger partial charge in [0.05, 0.1) is 0 Å². The lowest BCUT2D eigenvalue weighted by Gasteiger charge is -2.40. The Morgan fingerprint density at radius 2 is 0.950 bits per heavy atom. The molecule has 0 amide bonds. The van der Waals surface area contributed by atoms with E-state index in [0.717, 1.165) is 0 Å². The van der Waals surface area contributed by atoms with Crippen molar-refractivity contribution in [2.45, 2.75) is 30.5 Å². The first kappa shape index (κ1) is 19.1. The maximum Gasteiger partial charge on any atom is 0.469 e. The van der Waals surface area contributed by atoms with Crippen LogP contribution in [0.1, 0.15) is 0 Å². The van der Waals surface area contributed by atoms with E-state index in [1.165, 1.54) is 0 Å². The molecule has 0 aromatic carbocycles. The summed E-state index contributed by atoms with van der Waals surface area (Å²) >= 11 is 0. The average molecular weight is 335 g/mol.